The van der Waals surface area contributed by atoms with E-state index in [1.807, 2.05) is 48.2 Å². The van der Waals surface area contributed by atoms with Crippen LogP contribution in [0.15, 0.2) is 54.6 Å². The molecule has 2 aromatic carbocycles. The van der Waals surface area contributed by atoms with Gasteiger partial charge in [-0.05, 0) is 43.4 Å². The van der Waals surface area contributed by atoms with Crippen molar-refractivity contribution in [2.75, 3.05) is 13.1 Å². The number of hydrogen-bond donors (Lipinski definition) is 1. The van der Waals surface area contributed by atoms with Crippen molar-refractivity contribution in [1.29, 1.82) is 0 Å². The molecule has 1 aliphatic heterocycles. The molecule has 0 aromatic heterocycles. The van der Waals surface area contributed by atoms with Gasteiger partial charge in [0, 0.05) is 24.6 Å². The van der Waals surface area contributed by atoms with Crippen LogP contribution in [-0.4, -0.2) is 35.1 Å². The van der Waals surface area contributed by atoms with Crippen LogP contribution in [0, 0.1) is 5.92 Å². The molecule has 0 radical (unpaired) electrons. The minimum Gasteiger partial charge on any atom is -0.393 e. The smallest absolute Gasteiger partial charge is 0.254 e. The first-order chi connectivity index (χ1) is 11.6. The van der Waals surface area contributed by atoms with E-state index in [4.69, 9.17) is 0 Å². The third-order valence-corrected chi connectivity index (χ3v) is 4.97. The molecule has 126 valence electrons. The van der Waals surface area contributed by atoms with E-state index in [1.54, 1.807) is 0 Å². The zero-order valence-corrected chi connectivity index (χ0v) is 14.2. The predicted octanol–water partition coefficient (Wildman–Crippen LogP) is 3.31. The maximum atomic E-state index is 12.9. The molecule has 1 amide bonds. The summed E-state index contributed by atoms with van der Waals surface area (Å²) in [6.45, 7) is 3.21. The van der Waals surface area contributed by atoms with Crippen LogP contribution in [0.25, 0.3) is 0 Å². The molecular weight excluding hydrogens is 298 g/mol. The van der Waals surface area contributed by atoms with Crippen LogP contribution in [0.1, 0.15) is 34.8 Å². The quantitative estimate of drug-likeness (QED) is 0.917. The van der Waals surface area contributed by atoms with Gasteiger partial charge in [-0.2, -0.15) is 0 Å². The number of rotatable bonds is 5. The van der Waals surface area contributed by atoms with Gasteiger partial charge in [0.25, 0.3) is 5.91 Å². The van der Waals surface area contributed by atoms with Gasteiger partial charge in [0.05, 0.1) is 6.10 Å². The van der Waals surface area contributed by atoms with Crippen LogP contribution >= 0.6 is 0 Å². The number of carbonyl (C=O) groups is 1. The lowest BCUT2D eigenvalue weighted by molar-refractivity contribution is 0.0761. The molecule has 2 atom stereocenters. The van der Waals surface area contributed by atoms with E-state index in [2.05, 4.69) is 18.2 Å². The summed E-state index contributed by atoms with van der Waals surface area (Å²) < 4.78 is 0. The van der Waals surface area contributed by atoms with E-state index in [0.717, 1.165) is 36.9 Å². The van der Waals surface area contributed by atoms with Crippen molar-refractivity contribution < 1.29 is 9.90 Å². The van der Waals surface area contributed by atoms with Crippen molar-refractivity contribution in [3.05, 3.63) is 71.3 Å². The van der Waals surface area contributed by atoms with Crippen molar-refractivity contribution in [2.45, 2.75) is 32.3 Å². The van der Waals surface area contributed by atoms with Gasteiger partial charge >= 0.3 is 0 Å². The molecule has 0 aliphatic carbocycles. The van der Waals surface area contributed by atoms with Crippen LogP contribution in [0.5, 0.6) is 0 Å². The second-order valence-corrected chi connectivity index (χ2v) is 6.68. The lowest BCUT2D eigenvalue weighted by Crippen LogP contribution is -2.31. The Hall–Kier alpha value is -2.13. The minimum atomic E-state index is -0.351. The maximum Gasteiger partial charge on any atom is 0.254 e. The van der Waals surface area contributed by atoms with Crippen LogP contribution in [0.3, 0.4) is 0 Å². The molecule has 0 bridgehead atoms. The van der Waals surface area contributed by atoms with E-state index < -0.39 is 0 Å². The highest BCUT2D eigenvalue weighted by Gasteiger charge is 2.30. The predicted molar refractivity (Wildman–Crippen MR) is 96.0 cm³/mol. The molecule has 0 spiro atoms. The third kappa shape index (κ3) is 3.85. The summed E-state index contributed by atoms with van der Waals surface area (Å²) in [4.78, 5) is 14.8. The van der Waals surface area contributed by atoms with Crippen molar-refractivity contribution in [2.24, 2.45) is 5.92 Å². The zero-order chi connectivity index (χ0) is 16.9. The molecule has 3 nitrogen and oxygen atoms in total. The van der Waals surface area contributed by atoms with Crippen LogP contribution < -0.4 is 0 Å². The molecule has 3 heteroatoms. The molecule has 24 heavy (non-hydrogen) atoms. The third-order valence-electron chi connectivity index (χ3n) is 4.97. The Bertz CT molecular complexity index is 681. The summed E-state index contributed by atoms with van der Waals surface area (Å²) >= 11 is 0. The summed E-state index contributed by atoms with van der Waals surface area (Å²) in [5, 5.41) is 9.75. The molecule has 1 aliphatic rings. The van der Waals surface area contributed by atoms with Gasteiger partial charge < -0.3 is 10.0 Å². The Labute approximate surface area is 143 Å². The molecule has 1 N–H and O–H groups in total. The molecule has 1 saturated heterocycles. The number of amides is 1. The van der Waals surface area contributed by atoms with Crippen LogP contribution in [-0.2, 0) is 12.8 Å². The van der Waals surface area contributed by atoms with Gasteiger partial charge in [0.2, 0.25) is 0 Å². The molecule has 3 rings (SSSR count). The van der Waals surface area contributed by atoms with Crippen molar-refractivity contribution in [3.8, 4) is 0 Å². The van der Waals surface area contributed by atoms with Gasteiger partial charge in [-0.3, -0.25) is 4.79 Å². The number of benzene rings is 2. The number of carbonyl (C=O) groups excluding carboxylic acids is 1. The summed E-state index contributed by atoms with van der Waals surface area (Å²) in [6, 6.07) is 18.3. The van der Waals surface area contributed by atoms with Crippen molar-refractivity contribution in [1.82, 2.24) is 4.90 Å². The average molecular weight is 323 g/mol. The first kappa shape index (κ1) is 16.7. The van der Waals surface area contributed by atoms with Gasteiger partial charge in [-0.1, -0.05) is 48.5 Å². The second kappa shape index (κ2) is 7.63. The number of nitrogens with zero attached hydrogens (tertiary/aromatic N) is 1. The normalized spacial score (nSPS) is 18.6. The molecule has 2 unspecified atom stereocenters. The first-order valence-electron chi connectivity index (χ1n) is 8.74. The molecular formula is C21H25NO2. The summed E-state index contributed by atoms with van der Waals surface area (Å²) in [5.41, 5.74) is 3.20. The van der Waals surface area contributed by atoms with E-state index in [0.29, 0.717) is 6.54 Å². The molecule has 1 heterocycles. The van der Waals surface area contributed by atoms with Gasteiger partial charge in [-0.25, -0.2) is 0 Å². The van der Waals surface area contributed by atoms with Crippen LogP contribution in [0.2, 0.25) is 0 Å². The highest BCUT2D eigenvalue weighted by atomic mass is 16.3. The topological polar surface area (TPSA) is 40.5 Å². The van der Waals surface area contributed by atoms with E-state index >= 15 is 0 Å². The number of aliphatic hydroxyl groups excluding tert-OH is 1. The lowest BCUT2D eigenvalue weighted by atomic mass is 9.99. The van der Waals surface area contributed by atoms with Gasteiger partial charge in [0.1, 0.15) is 0 Å². The monoisotopic (exact) mass is 323 g/mol. The molecule has 0 saturated carbocycles. The fourth-order valence-corrected chi connectivity index (χ4v) is 3.41. The Morgan fingerprint density at radius 1 is 1.12 bits per heavy atom. The van der Waals surface area contributed by atoms with Crippen molar-refractivity contribution >= 4 is 5.91 Å². The average Bonchev–Trinajstić information content (AvgIpc) is 3.11. The lowest BCUT2D eigenvalue weighted by Gasteiger charge is -2.19. The Morgan fingerprint density at radius 3 is 2.54 bits per heavy atom. The Balaban J connectivity index is 1.71. The molecule has 2 aromatic rings. The maximum absolute atomic E-state index is 12.9. The van der Waals surface area contributed by atoms with Gasteiger partial charge in [-0.15, -0.1) is 0 Å². The van der Waals surface area contributed by atoms with Crippen LogP contribution in [0.4, 0.5) is 0 Å². The zero-order valence-electron chi connectivity index (χ0n) is 14.2. The fourth-order valence-electron chi connectivity index (χ4n) is 3.41. The number of aliphatic hydroxyl groups is 1. The minimum absolute atomic E-state index is 0.0989. The van der Waals surface area contributed by atoms with Crippen molar-refractivity contribution in [3.63, 3.8) is 0 Å². The number of likely N-dealkylation sites (tertiary alicyclic amines) is 1. The van der Waals surface area contributed by atoms with Gasteiger partial charge in [0.15, 0.2) is 0 Å². The fraction of sp³-hybridized carbons (Fsp3) is 0.381. The standard InChI is InChI=1S/C21H25NO2/c1-16(23)19-13-14-22(15-19)21(24)20-10-6-5-9-18(20)12-11-17-7-3-2-4-8-17/h2-10,16,19,23H,11-15H2,1H3. The SMILES string of the molecule is CC(O)C1CCN(C(=O)c2ccccc2CCc2ccccc2)C1. The second-order valence-electron chi connectivity index (χ2n) is 6.68. The summed E-state index contributed by atoms with van der Waals surface area (Å²) in [6.07, 6.45) is 2.33. The largest absolute Gasteiger partial charge is 0.393 e. The van der Waals surface area contributed by atoms with E-state index in [9.17, 15) is 9.90 Å². The highest BCUT2D eigenvalue weighted by Crippen LogP contribution is 2.23. The summed E-state index contributed by atoms with van der Waals surface area (Å²) in [5.74, 6) is 0.298. The molecule has 1 fully saturated rings. The Kier molecular flexibility index (Phi) is 5.31. The number of aryl methyl sites for hydroxylation is 2. The van der Waals surface area contributed by atoms with E-state index in [1.165, 1.54) is 5.56 Å². The number of hydrogen-bond acceptors (Lipinski definition) is 2. The Morgan fingerprint density at radius 2 is 1.83 bits per heavy atom. The van der Waals surface area contributed by atoms with E-state index in [-0.39, 0.29) is 17.9 Å². The first-order valence-corrected chi connectivity index (χ1v) is 8.74. The summed E-state index contributed by atoms with van der Waals surface area (Å²) in [7, 11) is 0. The highest BCUT2D eigenvalue weighted by molar-refractivity contribution is 5.95.